The van der Waals surface area contributed by atoms with Crippen LogP contribution < -0.4 is 5.32 Å². The average Bonchev–Trinajstić information content (AvgIpc) is 3.02. The van der Waals surface area contributed by atoms with Crippen LogP contribution in [0.15, 0.2) is 22.1 Å². The number of hydrogen-bond donors (Lipinski definition) is 1. The van der Waals surface area contributed by atoms with E-state index >= 15 is 0 Å². The van der Waals surface area contributed by atoms with Crippen LogP contribution in [0.25, 0.3) is 0 Å². The van der Waals surface area contributed by atoms with E-state index in [-0.39, 0.29) is 0 Å². The Labute approximate surface area is 123 Å². The number of furan rings is 1. The maximum Gasteiger partial charge on any atom is 0.118 e. The van der Waals surface area contributed by atoms with E-state index in [9.17, 15) is 0 Å². The molecule has 0 aromatic carbocycles. The van der Waals surface area contributed by atoms with Crippen LogP contribution in [0.4, 0.5) is 0 Å². The maximum absolute atomic E-state index is 5.87. The van der Waals surface area contributed by atoms with Gasteiger partial charge in [-0.2, -0.15) is 0 Å². The van der Waals surface area contributed by atoms with Crippen LogP contribution in [0.5, 0.6) is 0 Å². The Morgan fingerprint density at radius 2 is 2.15 bits per heavy atom. The molecule has 0 atom stereocenters. The van der Waals surface area contributed by atoms with Crippen LogP contribution >= 0.6 is 11.3 Å². The molecule has 0 spiro atoms. The molecule has 1 aliphatic rings. The molecule has 0 saturated heterocycles. The molecule has 20 heavy (non-hydrogen) atoms. The summed E-state index contributed by atoms with van der Waals surface area (Å²) in [4.78, 5) is 7.88. The molecule has 4 nitrogen and oxygen atoms in total. The number of hydrogen-bond acceptors (Lipinski definition) is 5. The van der Waals surface area contributed by atoms with Gasteiger partial charge < -0.3 is 9.73 Å². The van der Waals surface area contributed by atoms with E-state index in [1.54, 1.807) is 11.3 Å². The van der Waals surface area contributed by atoms with Gasteiger partial charge >= 0.3 is 0 Å². The average molecular weight is 291 g/mol. The van der Waals surface area contributed by atoms with Crippen molar-refractivity contribution < 1.29 is 4.42 Å². The van der Waals surface area contributed by atoms with Crippen LogP contribution in [0.1, 0.15) is 34.9 Å². The second-order valence-corrected chi connectivity index (χ2v) is 6.50. The van der Waals surface area contributed by atoms with Crippen molar-refractivity contribution in [1.29, 1.82) is 0 Å². The van der Waals surface area contributed by atoms with E-state index in [1.807, 2.05) is 5.51 Å². The molecule has 0 unspecified atom stereocenters. The van der Waals surface area contributed by atoms with Gasteiger partial charge in [0.2, 0.25) is 0 Å². The van der Waals surface area contributed by atoms with Crippen molar-refractivity contribution in [2.45, 2.75) is 45.4 Å². The minimum absolute atomic E-state index is 0.723. The lowest BCUT2D eigenvalue weighted by Gasteiger charge is -2.14. The largest absolute Gasteiger partial charge is 0.463 e. The number of nitrogens with one attached hydrogen (secondary N) is 1. The minimum Gasteiger partial charge on any atom is -0.463 e. The lowest BCUT2D eigenvalue weighted by atomic mass is 10.3. The third-order valence-corrected chi connectivity index (χ3v) is 4.46. The normalized spacial score (nSPS) is 15.2. The molecule has 2 aromatic heterocycles. The summed E-state index contributed by atoms with van der Waals surface area (Å²) < 4.78 is 5.87. The van der Waals surface area contributed by atoms with Gasteiger partial charge in [0, 0.05) is 17.5 Å². The Kier molecular flexibility index (Phi) is 4.19. The highest BCUT2D eigenvalue weighted by Gasteiger charge is 2.20. The van der Waals surface area contributed by atoms with Gasteiger partial charge in [-0.25, -0.2) is 4.98 Å². The van der Waals surface area contributed by atoms with E-state index in [0.717, 1.165) is 42.9 Å². The highest BCUT2D eigenvalue weighted by molar-refractivity contribution is 7.09. The van der Waals surface area contributed by atoms with Crippen molar-refractivity contribution in [2.75, 3.05) is 7.05 Å². The van der Waals surface area contributed by atoms with Crippen molar-refractivity contribution in [2.24, 2.45) is 0 Å². The molecule has 0 bridgehead atoms. The molecule has 1 fully saturated rings. The summed E-state index contributed by atoms with van der Waals surface area (Å²) in [5, 5.41) is 3.47. The molecule has 0 amide bonds. The first-order valence-electron chi connectivity index (χ1n) is 7.09. The zero-order valence-electron chi connectivity index (χ0n) is 12.1. The lowest BCUT2D eigenvalue weighted by Crippen LogP contribution is -2.17. The summed E-state index contributed by atoms with van der Waals surface area (Å²) in [6.07, 6.45) is 2.62. The standard InChI is InChI=1S/C15H21N3OS/c1-11-15(20-10-17-11)9-18(2)8-14-6-5-13(19-14)7-16-12-3-4-12/h5-6,10,12,16H,3-4,7-9H2,1-2H3. The van der Waals surface area contributed by atoms with Crippen LogP contribution in [-0.2, 0) is 19.6 Å². The highest BCUT2D eigenvalue weighted by Crippen LogP contribution is 2.20. The van der Waals surface area contributed by atoms with Gasteiger partial charge in [0.05, 0.1) is 24.3 Å². The summed E-state index contributed by atoms with van der Waals surface area (Å²) in [6.45, 7) is 4.67. The van der Waals surface area contributed by atoms with Crippen LogP contribution in [0.2, 0.25) is 0 Å². The molecule has 1 N–H and O–H groups in total. The lowest BCUT2D eigenvalue weighted by molar-refractivity contribution is 0.284. The van der Waals surface area contributed by atoms with E-state index in [1.165, 1.54) is 17.7 Å². The molecule has 0 aliphatic heterocycles. The van der Waals surface area contributed by atoms with Crippen LogP contribution in [0, 0.1) is 6.92 Å². The van der Waals surface area contributed by atoms with Crippen molar-refractivity contribution in [3.8, 4) is 0 Å². The maximum atomic E-state index is 5.87. The fourth-order valence-electron chi connectivity index (χ4n) is 2.18. The van der Waals surface area contributed by atoms with Gasteiger partial charge in [0.25, 0.3) is 0 Å². The van der Waals surface area contributed by atoms with Crippen molar-refractivity contribution in [1.82, 2.24) is 15.2 Å². The first-order valence-corrected chi connectivity index (χ1v) is 7.97. The molecular formula is C15H21N3OS. The quantitative estimate of drug-likeness (QED) is 0.851. The summed E-state index contributed by atoms with van der Waals surface area (Å²) >= 11 is 1.72. The predicted octanol–water partition coefficient (Wildman–Crippen LogP) is 2.93. The van der Waals surface area contributed by atoms with E-state index in [4.69, 9.17) is 4.42 Å². The summed E-state index contributed by atoms with van der Waals surface area (Å²) in [6, 6.07) is 4.89. The first-order chi connectivity index (χ1) is 9.70. The molecule has 1 aliphatic carbocycles. The number of thiazole rings is 1. The smallest absolute Gasteiger partial charge is 0.118 e. The topological polar surface area (TPSA) is 41.3 Å². The first kappa shape index (κ1) is 13.8. The van der Waals surface area contributed by atoms with Crippen molar-refractivity contribution in [3.05, 3.63) is 39.7 Å². The van der Waals surface area contributed by atoms with Crippen LogP contribution in [0.3, 0.4) is 0 Å². The predicted molar refractivity (Wildman–Crippen MR) is 80.6 cm³/mol. The zero-order valence-corrected chi connectivity index (χ0v) is 12.9. The molecule has 2 aromatic rings. The molecule has 1 saturated carbocycles. The zero-order chi connectivity index (χ0) is 13.9. The fourth-order valence-corrected chi connectivity index (χ4v) is 3.04. The van der Waals surface area contributed by atoms with Crippen molar-refractivity contribution >= 4 is 11.3 Å². The second kappa shape index (κ2) is 6.08. The third kappa shape index (κ3) is 3.69. The molecule has 108 valence electrons. The van der Waals surface area contributed by atoms with Crippen LogP contribution in [-0.4, -0.2) is 23.0 Å². The molecule has 0 radical (unpaired) electrons. The second-order valence-electron chi connectivity index (χ2n) is 5.56. The van der Waals surface area contributed by atoms with E-state index < -0.39 is 0 Å². The van der Waals surface area contributed by atoms with Gasteiger partial charge in [-0.3, -0.25) is 4.90 Å². The summed E-state index contributed by atoms with van der Waals surface area (Å²) in [7, 11) is 2.11. The van der Waals surface area contributed by atoms with Gasteiger partial charge in [-0.05, 0) is 38.9 Å². The Hall–Kier alpha value is -1.17. The van der Waals surface area contributed by atoms with Gasteiger partial charge in [0.15, 0.2) is 0 Å². The third-order valence-electron chi connectivity index (χ3n) is 3.54. The molecule has 2 heterocycles. The minimum atomic E-state index is 0.723. The number of aryl methyl sites for hydroxylation is 1. The Bertz CT molecular complexity index is 559. The SMILES string of the molecule is Cc1ncsc1CN(C)Cc1ccc(CNC2CC2)o1. The summed E-state index contributed by atoms with van der Waals surface area (Å²) in [5.41, 5.74) is 3.04. The number of aromatic nitrogens is 1. The fraction of sp³-hybridized carbons (Fsp3) is 0.533. The van der Waals surface area contributed by atoms with E-state index in [0.29, 0.717) is 0 Å². The Morgan fingerprint density at radius 1 is 1.35 bits per heavy atom. The number of nitrogens with zero attached hydrogens (tertiary/aromatic N) is 2. The van der Waals surface area contributed by atoms with Gasteiger partial charge in [-0.1, -0.05) is 0 Å². The van der Waals surface area contributed by atoms with Crippen molar-refractivity contribution in [3.63, 3.8) is 0 Å². The molecule has 3 rings (SSSR count). The Balaban J connectivity index is 1.50. The molecular weight excluding hydrogens is 270 g/mol. The van der Waals surface area contributed by atoms with Gasteiger partial charge in [-0.15, -0.1) is 11.3 Å². The molecule has 5 heteroatoms. The van der Waals surface area contributed by atoms with E-state index in [2.05, 4.69) is 41.3 Å². The number of rotatable bonds is 7. The highest BCUT2D eigenvalue weighted by atomic mass is 32.1. The Morgan fingerprint density at radius 3 is 2.85 bits per heavy atom. The monoisotopic (exact) mass is 291 g/mol. The van der Waals surface area contributed by atoms with Gasteiger partial charge in [0.1, 0.15) is 11.5 Å². The summed E-state index contributed by atoms with van der Waals surface area (Å²) in [5.74, 6) is 2.07.